The van der Waals surface area contributed by atoms with E-state index in [0.29, 0.717) is 23.2 Å². The number of hydrogen-bond acceptors (Lipinski definition) is 4. The highest BCUT2D eigenvalue weighted by atomic mass is 16.5. The molecule has 1 aromatic heterocycles. The van der Waals surface area contributed by atoms with Gasteiger partial charge in [0.25, 0.3) is 0 Å². The van der Waals surface area contributed by atoms with Crippen LogP contribution in [0.15, 0.2) is 59.0 Å². The van der Waals surface area contributed by atoms with Crippen LogP contribution in [0, 0.1) is 6.92 Å². The summed E-state index contributed by atoms with van der Waals surface area (Å²) in [6.45, 7) is 3.93. The molecule has 0 bridgehead atoms. The lowest BCUT2D eigenvalue weighted by molar-refractivity contribution is 0.0527. The molecule has 0 radical (unpaired) electrons. The van der Waals surface area contributed by atoms with E-state index in [1.165, 1.54) is 0 Å². The van der Waals surface area contributed by atoms with Crippen molar-refractivity contribution in [1.29, 1.82) is 0 Å². The number of aldehydes is 1. The van der Waals surface area contributed by atoms with Gasteiger partial charge in [0.2, 0.25) is 0 Å². The number of esters is 1. The summed E-state index contributed by atoms with van der Waals surface area (Å²) >= 11 is 0. The lowest BCUT2D eigenvalue weighted by Crippen LogP contribution is -2.06. The minimum Gasteiger partial charge on any atom is -0.462 e. The van der Waals surface area contributed by atoms with Crippen molar-refractivity contribution in [2.75, 3.05) is 6.61 Å². The number of ether oxygens (including phenoxy) is 1. The second-order valence-electron chi connectivity index (χ2n) is 5.62. The molecule has 25 heavy (non-hydrogen) atoms. The van der Waals surface area contributed by atoms with Crippen LogP contribution in [-0.4, -0.2) is 18.9 Å². The molecule has 1 heterocycles. The monoisotopic (exact) mass is 334 g/mol. The van der Waals surface area contributed by atoms with Gasteiger partial charge in [-0.2, -0.15) is 0 Å². The van der Waals surface area contributed by atoms with Crippen LogP contribution in [0.4, 0.5) is 0 Å². The normalized spacial score (nSPS) is 10.5. The van der Waals surface area contributed by atoms with Gasteiger partial charge in [-0.1, -0.05) is 60.2 Å². The van der Waals surface area contributed by atoms with Crippen molar-refractivity contribution in [3.8, 4) is 22.5 Å². The lowest BCUT2D eigenvalue weighted by Gasteiger charge is -2.07. The van der Waals surface area contributed by atoms with Gasteiger partial charge in [0.15, 0.2) is 12.0 Å². The van der Waals surface area contributed by atoms with E-state index in [-0.39, 0.29) is 17.9 Å². The SMILES string of the molecule is CCOC(=O)c1c(-c2ccccc2)oc(C=O)c1-c1cccc(C)c1. The first-order chi connectivity index (χ1) is 12.2. The van der Waals surface area contributed by atoms with E-state index in [0.717, 1.165) is 11.1 Å². The van der Waals surface area contributed by atoms with E-state index < -0.39 is 5.97 Å². The Morgan fingerprint density at radius 1 is 1.08 bits per heavy atom. The van der Waals surface area contributed by atoms with E-state index in [1.807, 2.05) is 61.5 Å². The second-order valence-corrected chi connectivity index (χ2v) is 5.62. The molecule has 3 rings (SSSR count). The molecule has 4 nitrogen and oxygen atoms in total. The van der Waals surface area contributed by atoms with E-state index >= 15 is 0 Å². The molecule has 0 aliphatic rings. The minimum atomic E-state index is -0.505. The van der Waals surface area contributed by atoms with Gasteiger partial charge < -0.3 is 9.15 Å². The highest BCUT2D eigenvalue weighted by Gasteiger charge is 2.28. The highest BCUT2D eigenvalue weighted by molar-refractivity contribution is 6.06. The molecule has 0 unspecified atom stereocenters. The predicted molar refractivity (Wildman–Crippen MR) is 95.7 cm³/mol. The molecular weight excluding hydrogens is 316 g/mol. The maximum Gasteiger partial charge on any atom is 0.342 e. The predicted octanol–water partition coefficient (Wildman–Crippen LogP) is 4.91. The van der Waals surface area contributed by atoms with Crippen LogP contribution < -0.4 is 0 Å². The second kappa shape index (κ2) is 7.18. The van der Waals surface area contributed by atoms with Crippen LogP contribution in [0.3, 0.4) is 0 Å². The Kier molecular flexibility index (Phi) is 4.80. The quantitative estimate of drug-likeness (QED) is 0.491. The van der Waals surface area contributed by atoms with Gasteiger partial charge in [0.05, 0.1) is 6.61 Å². The Labute approximate surface area is 146 Å². The fraction of sp³-hybridized carbons (Fsp3) is 0.143. The molecule has 126 valence electrons. The maximum atomic E-state index is 12.6. The van der Waals surface area contributed by atoms with Crippen LogP contribution in [0.2, 0.25) is 0 Å². The number of rotatable bonds is 5. The van der Waals surface area contributed by atoms with Crippen molar-refractivity contribution >= 4 is 12.3 Å². The standard InChI is InChI=1S/C21H18O4/c1-3-24-21(23)19-18(16-11-7-8-14(2)12-16)17(13-22)25-20(19)15-9-5-4-6-10-15/h4-13H,3H2,1-2H3. The molecule has 0 saturated carbocycles. The van der Waals surface area contributed by atoms with Crippen LogP contribution >= 0.6 is 0 Å². The lowest BCUT2D eigenvalue weighted by atomic mass is 9.97. The molecule has 0 saturated heterocycles. The third-order valence-electron chi connectivity index (χ3n) is 3.86. The Hall–Kier alpha value is -3.14. The van der Waals surface area contributed by atoms with E-state index in [9.17, 15) is 9.59 Å². The molecule has 0 amide bonds. The van der Waals surface area contributed by atoms with Gasteiger partial charge in [0.1, 0.15) is 11.3 Å². The third-order valence-corrected chi connectivity index (χ3v) is 3.86. The molecule has 0 spiro atoms. The summed E-state index contributed by atoms with van der Waals surface area (Å²) in [5, 5.41) is 0. The maximum absolute atomic E-state index is 12.6. The zero-order valence-corrected chi connectivity index (χ0v) is 14.1. The van der Waals surface area contributed by atoms with E-state index in [2.05, 4.69) is 0 Å². The molecule has 0 aliphatic heterocycles. The Morgan fingerprint density at radius 2 is 1.80 bits per heavy atom. The number of carbonyl (C=O) groups is 2. The molecule has 0 aliphatic carbocycles. The topological polar surface area (TPSA) is 56.5 Å². The van der Waals surface area contributed by atoms with Crippen molar-refractivity contribution in [3.63, 3.8) is 0 Å². The molecule has 2 aromatic carbocycles. The van der Waals surface area contributed by atoms with Crippen molar-refractivity contribution in [1.82, 2.24) is 0 Å². The summed E-state index contributed by atoms with van der Waals surface area (Å²) in [6, 6.07) is 16.8. The third kappa shape index (κ3) is 3.24. The first-order valence-electron chi connectivity index (χ1n) is 8.07. The Bertz CT molecular complexity index is 907. The number of furan rings is 1. The van der Waals surface area contributed by atoms with Crippen LogP contribution in [0.5, 0.6) is 0 Å². The highest BCUT2D eigenvalue weighted by Crippen LogP contribution is 2.38. The van der Waals surface area contributed by atoms with Gasteiger partial charge in [-0.05, 0) is 19.4 Å². The first kappa shape index (κ1) is 16.7. The summed E-state index contributed by atoms with van der Waals surface area (Å²) in [5.74, 6) is -0.0418. The average Bonchev–Trinajstić information content (AvgIpc) is 3.02. The Balaban J connectivity index is 2.31. The van der Waals surface area contributed by atoms with Crippen LogP contribution in [0.1, 0.15) is 33.4 Å². The van der Waals surface area contributed by atoms with Crippen molar-refractivity contribution in [2.45, 2.75) is 13.8 Å². The largest absolute Gasteiger partial charge is 0.462 e. The molecule has 3 aromatic rings. The summed E-state index contributed by atoms with van der Waals surface area (Å²) < 4.78 is 11.0. The van der Waals surface area contributed by atoms with Crippen molar-refractivity contribution in [2.24, 2.45) is 0 Å². The molecular formula is C21H18O4. The summed E-state index contributed by atoms with van der Waals surface area (Å²) in [5.41, 5.74) is 3.23. The fourth-order valence-electron chi connectivity index (χ4n) is 2.81. The fourth-order valence-corrected chi connectivity index (χ4v) is 2.81. The first-order valence-corrected chi connectivity index (χ1v) is 8.07. The zero-order valence-electron chi connectivity index (χ0n) is 14.1. The summed E-state index contributed by atoms with van der Waals surface area (Å²) in [7, 11) is 0. The van der Waals surface area contributed by atoms with Gasteiger partial charge in [-0.15, -0.1) is 0 Å². The zero-order chi connectivity index (χ0) is 17.8. The molecule has 0 N–H and O–H groups in total. The van der Waals surface area contributed by atoms with Gasteiger partial charge in [-0.25, -0.2) is 4.79 Å². The van der Waals surface area contributed by atoms with E-state index in [1.54, 1.807) is 6.92 Å². The number of carbonyl (C=O) groups excluding carboxylic acids is 2. The van der Waals surface area contributed by atoms with Gasteiger partial charge in [0, 0.05) is 11.1 Å². The summed E-state index contributed by atoms with van der Waals surface area (Å²) in [6.07, 6.45) is 0.632. The molecule has 4 heteroatoms. The van der Waals surface area contributed by atoms with Crippen molar-refractivity contribution < 1.29 is 18.7 Å². The van der Waals surface area contributed by atoms with Crippen LogP contribution in [0.25, 0.3) is 22.5 Å². The van der Waals surface area contributed by atoms with Gasteiger partial charge >= 0.3 is 5.97 Å². The van der Waals surface area contributed by atoms with Gasteiger partial charge in [-0.3, -0.25) is 4.79 Å². The smallest absolute Gasteiger partial charge is 0.342 e. The Morgan fingerprint density at radius 3 is 2.44 bits per heavy atom. The molecule has 0 fully saturated rings. The summed E-state index contributed by atoms with van der Waals surface area (Å²) in [4.78, 5) is 24.3. The van der Waals surface area contributed by atoms with E-state index in [4.69, 9.17) is 9.15 Å². The number of benzene rings is 2. The number of hydrogen-bond donors (Lipinski definition) is 0. The van der Waals surface area contributed by atoms with Crippen molar-refractivity contribution in [3.05, 3.63) is 71.5 Å². The number of aryl methyl sites for hydroxylation is 1. The average molecular weight is 334 g/mol. The minimum absolute atomic E-state index is 0.118. The van der Waals surface area contributed by atoms with Crippen LogP contribution in [-0.2, 0) is 4.74 Å². The molecule has 0 atom stereocenters.